The van der Waals surface area contributed by atoms with Crippen LogP contribution < -0.4 is 9.47 Å². The van der Waals surface area contributed by atoms with E-state index >= 15 is 0 Å². The van der Waals surface area contributed by atoms with Crippen molar-refractivity contribution in [2.45, 2.75) is 0 Å². The molecule has 2 rings (SSSR count). The van der Waals surface area contributed by atoms with Gasteiger partial charge in [0.2, 0.25) is 5.78 Å². The molecule has 0 aliphatic rings. The number of aromatic nitrogens is 3. The van der Waals surface area contributed by atoms with Crippen LogP contribution in [0.4, 0.5) is 0 Å². The molecule has 0 amide bonds. The summed E-state index contributed by atoms with van der Waals surface area (Å²) in [6.07, 6.45) is 1.28. The van der Waals surface area contributed by atoms with Crippen LogP contribution in [0, 0.1) is 0 Å². The van der Waals surface area contributed by atoms with Gasteiger partial charge in [-0.05, 0) is 12.1 Å². The number of carbonyl (C=O) groups is 1. The summed E-state index contributed by atoms with van der Waals surface area (Å²) in [5.74, 6) is 1.01. The van der Waals surface area contributed by atoms with Gasteiger partial charge in [-0.15, -0.1) is 0 Å². The monoisotopic (exact) mass is 233 g/mol. The first-order valence-electron chi connectivity index (χ1n) is 4.87. The van der Waals surface area contributed by atoms with Crippen molar-refractivity contribution in [1.82, 2.24) is 15.2 Å². The van der Waals surface area contributed by atoms with Crippen LogP contribution >= 0.6 is 0 Å². The summed E-state index contributed by atoms with van der Waals surface area (Å²) in [5, 5.41) is 6.15. The smallest absolute Gasteiger partial charge is 0.230 e. The molecule has 1 N–H and O–H groups in total. The van der Waals surface area contributed by atoms with Crippen LogP contribution in [0.1, 0.15) is 16.2 Å². The molecule has 1 aromatic heterocycles. The summed E-state index contributed by atoms with van der Waals surface area (Å²) in [7, 11) is 3.05. The van der Waals surface area contributed by atoms with Gasteiger partial charge in [0.15, 0.2) is 5.82 Å². The number of rotatable bonds is 4. The SMILES string of the molecule is COc1cc(OC)cc(C(=O)c2ncn[nH]2)c1. The quantitative estimate of drug-likeness (QED) is 0.799. The lowest BCUT2D eigenvalue weighted by Crippen LogP contribution is -2.04. The fraction of sp³-hybridized carbons (Fsp3) is 0.182. The Morgan fingerprint density at radius 2 is 1.82 bits per heavy atom. The summed E-state index contributed by atoms with van der Waals surface area (Å²) in [6, 6.07) is 4.93. The van der Waals surface area contributed by atoms with Crippen LogP contribution in [0.15, 0.2) is 24.5 Å². The summed E-state index contributed by atoms with van der Waals surface area (Å²) >= 11 is 0. The molecule has 0 saturated heterocycles. The maximum Gasteiger partial charge on any atom is 0.230 e. The van der Waals surface area contributed by atoms with Gasteiger partial charge in [-0.3, -0.25) is 9.89 Å². The van der Waals surface area contributed by atoms with Crippen LogP contribution in [0.5, 0.6) is 11.5 Å². The van der Waals surface area contributed by atoms with Gasteiger partial charge in [-0.25, -0.2) is 4.98 Å². The number of nitrogens with zero attached hydrogens (tertiary/aromatic N) is 2. The van der Waals surface area contributed by atoms with Gasteiger partial charge < -0.3 is 9.47 Å². The number of hydrogen-bond donors (Lipinski definition) is 1. The fourth-order valence-corrected chi connectivity index (χ4v) is 1.39. The second kappa shape index (κ2) is 4.65. The molecule has 1 heterocycles. The molecule has 88 valence electrons. The molecule has 0 aliphatic heterocycles. The van der Waals surface area contributed by atoms with E-state index in [-0.39, 0.29) is 11.6 Å². The number of ketones is 1. The number of H-pyrrole nitrogens is 1. The number of carbonyl (C=O) groups excluding carboxylic acids is 1. The molecular formula is C11H11N3O3. The number of aromatic amines is 1. The zero-order chi connectivity index (χ0) is 12.3. The van der Waals surface area contributed by atoms with Crippen LogP contribution in [-0.4, -0.2) is 35.2 Å². The van der Waals surface area contributed by atoms with Crippen molar-refractivity contribution in [3.05, 3.63) is 35.9 Å². The van der Waals surface area contributed by atoms with Crippen molar-refractivity contribution in [2.24, 2.45) is 0 Å². The van der Waals surface area contributed by atoms with E-state index in [1.807, 2.05) is 0 Å². The normalized spacial score (nSPS) is 10.0. The summed E-state index contributed by atoms with van der Waals surface area (Å²) in [5.41, 5.74) is 0.429. The molecule has 0 aliphatic carbocycles. The van der Waals surface area contributed by atoms with Gasteiger partial charge in [-0.1, -0.05) is 0 Å². The molecule has 6 nitrogen and oxygen atoms in total. The Balaban J connectivity index is 2.41. The Bertz CT molecular complexity index is 501. The fourth-order valence-electron chi connectivity index (χ4n) is 1.39. The molecule has 17 heavy (non-hydrogen) atoms. The van der Waals surface area contributed by atoms with Gasteiger partial charge in [0, 0.05) is 11.6 Å². The Hall–Kier alpha value is -2.37. The van der Waals surface area contributed by atoms with Gasteiger partial charge in [-0.2, -0.15) is 5.10 Å². The maximum atomic E-state index is 12.0. The Morgan fingerprint density at radius 3 is 2.29 bits per heavy atom. The highest BCUT2D eigenvalue weighted by atomic mass is 16.5. The van der Waals surface area contributed by atoms with Gasteiger partial charge in [0.1, 0.15) is 17.8 Å². The highest BCUT2D eigenvalue weighted by Gasteiger charge is 2.14. The molecule has 0 fully saturated rings. The summed E-state index contributed by atoms with van der Waals surface area (Å²) in [4.78, 5) is 15.8. The minimum Gasteiger partial charge on any atom is -0.497 e. The van der Waals surface area contributed by atoms with E-state index < -0.39 is 0 Å². The van der Waals surface area contributed by atoms with E-state index in [2.05, 4.69) is 15.2 Å². The summed E-state index contributed by atoms with van der Waals surface area (Å²) < 4.78 is 10.2. The Morgan fingerprint density at radius 1 is 1.18 bits per heavy atom. The lowest BCUT2D eigenvalue weighted by atomic mass is 10.1. The first-order valence-corrected chi connectivity index (χ1v) is 4.87. The van der Waals surface area contributed by atoms with Crippen molar-refractivity contribution in [2.75, 3.05) is 14.2 Å². The highest BCUT2D eigenvalue weighted by Crippen LogP contribution is 2.23. The molecular weight excluding hydrogens is 222 g/mol. The predicted octanol–water partition coefficient (Wildman–Crippen LogP) is 1.05. The molecule has 0 saturated carbocycles. The standard InChI is InChI=1S/C11H11N3O3/c1-16-8-3-7(4-9(5-8)17-2)10(15)11-12-6-13-14-11/h3-6H,1-2H3,(H,12,13,14). The van der Waals surface area contributed by atoms with Gasteiger partial charge in [0.05, 0.1) is 14.2 Å². The van der Waals surface area contributed by atoms with E-state index in [0.717, 1.165) is 0 Å². The van der Waals surface area contributed by atoms with Crippen LogP contribution in [0.3, 0.4) is 0 Å². The zero-order valence-electron chi connectivity index (χ0n) is 9.43. The van der Waals surface area contributed by atoms with Crippen molar-refractivity contribution < 1.29 is 14.3 Å². The molecule has 2 aromatic rings. The number of methoxy groups -OCH3 is 2. The van der Waals surface area contributed by atoms with Crippen molar-refractivity contribution in [3.8, 4) is 11.5 Å². The van der Waals surface area contributed by atoms with E-state index in [1.165, 1.54) is 20.5 Å². The molecule has 0 bridgehead atoms. The number of ether oxygens (including phenoxy) is 2. The molecule has 0 spiro atoms. The van der Waals surface area contributed by atoms with Gasteiger partial charge in [0.25, 0.3) is 0 Å². The average Bonchev–Trinajstić information content (AvgIpc) is 2.91. The topological polar surface area (TPSA) is 77.1 Å². The van der Waals surface area contributed by atoms with E-state index in [9.17, 15) is 4.79 Å². The molecule has 0 atom stereocenters. The average molecular weight is 233 g/mol. The van der Waals surface area contributed by atoms with E-state index in [0.29, 0.717) is 17.1 Å². The molecule has 0 unspecified atom stereocenters. The molecule has 6 heteroatoms. The minimum atomic E-state index is -0.264. The van der Waals surface area contributed by atoms with Crippen LogP contribution in [-0.2, 0) is 0 Å². The minimum absolute atomic E-state index is 0.181. The highest BCUT2D eigenvalue weighted by molar-refractivity contribution is 6.06. The number of benzene rings is 1. The number of hydrogen-bond acceptors (Lipinski definition) is 5. The zero-order valence-corrected chi connectivity index (χ0v) is 9.43. The largest absolute Gasteiger partial charge is 0.497 e. The number of nitrogens with one attached hydrogen (secondary N) is 1. The van der Waals surface area contributed by atoms with Crippen LogP contribution in [0.25, 0.3) is 0 Å². The van der Waals surface area contributed by atoms with E-state index in [1.54, 1.807) is 18.2 Å². The summed E-state index contributed by atoms with van der Waals surface area (Å²) in [6.45, 7) is 0. The first-order chi connectivity index (χ1) is 8.24. The maximum absolute atomic E-state index is 12.0. The molecule has 1 aromatic carbocycles. The third-order valence-corrected chi connectivity index (χ3v) is 2.24. The van der Waals surface area contributed by atoms with Crippen molar-refractivity contribution in [1.29, 1.82) is 0 Å². The second-order valence-corrected chi connectivity index (χ2v) is 3.26. The molecule has 0 radical (unpaired) electrons. The van der Waals surface area contributed by atoms with Crippen molar-refractivity contribution in [3.63, 3.8) is 0 Å². The van der Waals surface area contributed by atoms with Gasteiger partial charge >= 0.3 is 0 Å². The van der Waals surface area contributed by atoms with Crippen molar-refractivity contribution >= 4 is 5.78 Å². The first kappa shape index (κ1) is 11.1. The van der Waals surface area contributed by atoms with Crippen LogP contribution in [0.2, 0.25) is 0 Å². The van der Waals surface area contributed by atoms with E-state index in [4.69, 9.17) is 9.47 Å². The third kappa shape index (κ3) is 2.25. The lowest BCUT2D eigenvalue weighted by molar-refractivity contribution is 0.102. The Labute approximate surface area is 97.6 Å². The third-order valence-electron chi connectivity index (χ3n) is 2.24. The Kier molecular flexibility index (Phi) is 3.04. The predicted molar refractivity (Wildman–Crippen MR) is 59.4 cm³/mol. The second-order valence-electron chi connectivity index (χ2n) is 3.26. The lowest BCUT2D eigenvalue weighted by Gasteiger charge is -2.06.